The van der Waals surface area contributed by atoms with E-state index >= 15 is 0 Å². The van der Waals surface area contributed by atoms with E-state index in [0.717, 1.165) is 38.1 Å². The molecule has 1 aliphatic heterocycles. The molecule has 2 rings (SSSR count). The number of benzene rings is 1. The summed E-state index contributed by atoms with van der Waals surface area (Å²) in [5, 5.41) is 3.09. The van der Waals surface area contributed by atoms with Crippen LogP contribution >= 0.6 is 0 Å². The lowest BCUT2D eigenvalue weighted by Crippen LogP contribution is -2.50. The highest BCUT2D eigenvalue weighted by Gasteiger charge is 2.26. The summed E-state index contributed by atoms with van der Waals surface area (Å²) in [6, 6.07) is 8.05. The first kappa shape index (κ1) is 13.9. The number of rotatable bonds is 5. The van der Waals surface area contributed by atoms with Crippen LogP contribution in [0, 0.1) is 0 Å². The van der Waals surface area contributed by atoms with Crippen LogP contribution in [0.2, 0.25) is 0 Å². The molecule has 104 valence electrons. The monoisotopic (exact) mass is 262 g/mol. The minimum Gasteiger partial charge on any atom is -0.497 e. The van der Waals surface area contributed by atoms with Gasteiger partial charge in [0, 0.05) is 13.1 Å². The summed E-state index contributed by atoms with van der Waals surface area (Å²) in [6.45, 7) is 1.68. The van der Waals surface area contributed by atoms with Crippen LogP contribution in [0.25, 0.3) is 0 Å². The molecule has 1 atom stereocenters. The van der Waals surface area contributed by atoms with Crippen LogP contribution in [-0.4, -0.2) is 44.1 Å². The van der Waals surface area contributed by atoms with Crippen molar-refractivity contribution in [1.82, 2.24) is 10.2 Å². The Morgan fingerprint density at radius 1 is 1.37 bits per heavy atom. The SMILES string of the molecule is CNC1CCCN(CCc2ccc(OC)cc2)C1=O. The molecule has 1 unspecified atom stereocenters. The van der Waals surface area contributed by atoms with Crippen LogP contribution in [0.5, 0.6) is 5.75 Å². The number of hydrogen-bond donors (Lipinski definition) is 1. The number of ether oxygens (including phenoxy) is 1. The number of nitrogens with zero attached hydrogens (tertiary/aromatic N) is 1. The molecule has 0 aromatic heterocycles. The molecule has 1 heterocycles. The second-order valence-electron chi connectivity index (χ2n) is 4.91. The van der Waals surface area contributed by atoms with E-state index in [1.54, 1.807) is 7.11 Å². The summed E-state index contributed by atoms with van der Waals surface area (Å²) in [7, 11) is 3.52. The maximum atomic E-state index is 12.1. The number of amides is 1. The fourth-order valence-corrected chi connectivity index (χ4v) is 2.49. The zero-order valence-electron chi connectivity index (χ0n) is 11.7. The van der Waals surface area contributed by atoms with Gasteiger partial charge in [-0.2, -0.15) is 0 Å². The van der Waals surface area contributed by atoms with Gasteiger partial charge < -0.3 is 15.0 Å². The molecular weight excluding hydrogens is 240 g/mol. The van der Waals surface area contributed by atoms with Gasteiger partial charge in [0.15, 0.2) is 0 Å². The molecule has 0 spiro atoms. The molecule has 0 radical (unpaired) electrons. The fraction of sp³-hybridized carbons (Fsp3) is 0.533. The molecule has 4 nitrogen and oxygen atoms in total. The molecule has 1 aromatic rings. The topological polar surface area (TPSA) is 41.6 Å². The number of piperidine rings is 1. The highest BCUT2D eigenvalue weighted by Crippen LogP contribution is 2.14. The number of hydrogen-bond acceptors (Lipinski definition) is 3. The van der Waals surface area contributed by atoms with E-state index < -0.39 is 0 Å². The van der Waals surface area contributed by atoms with Crippen molar-refractivity contribution in [3.8, 4) is 5.75 Å². The molecule has 0 bridgehead atoms. The van der Waals surface area contributed by atoms with Crippen molar-refractivity contribution in [1.29, 1.82) is 0 Å². The second-order valence-corrected chi connectivity index (χ2v) is 4.91. The minimum atomic E-state index is 0.00428. The molecule has 19 heavy (non-hydrogen) atoms. The number of carbonyl (C=O) groups excluding carboxylic acids is 1. The van der Waals surface area contributed by atoms with E-state index in [-0.39, 0.29) is 11.9 Å². The third-order valence-electron chi connectivity index (χ3n) is 3.71. The first-order valence-corrected chi connectivity index (χ1v) is 6.83. The average molecular weight is 262 g/mol. The molecule has 1 fully saturated rings. The van der Waals surface area contributed by atoms with Crippen LogP contribution in [0.15, 0.2) is 24.3 Å². The lowest BCUT2D eigenvalue weighted by molar-refractivity contribution is -0.135. The van der Waals surface area contributed by atoms with Crippen LogP contribution in [0.4, 0.5) is 0 Å². The van der Waals surface area contributed by atoms with E-state index in [1.165, 1.54) is 5.56 Å². The van der Waals surface area contributed by atoms with Crippen molar-refractivity contribution >= 4 is 5.91 Å². The Morgan fingerprint density at radius 3 is 2.74 bits per heavy atom. The Kier molecular flexibility index (Phi) is 4.80. The summed E-state index contributed by atoms with van der Waals surface area (Å²) >= 11 is 0. The van der Waals surface area contributed by atoms with Crippen LogP contribution in [-0.2, 0) is 11.2 Å². The smallest absolute Gasteiger partial charge is 0.239 e. The Morgan fingerprint density at radius 2 is 2.11 bits per heavy atom. The number of likely N-dealkylation sites (N-methyl/N-ethyl adjacent to an activating group) is 1. The Labute approximate surface area is 114 Å². The molecular formula is C15H22N2O2. The number of likely N-dealkylation sites (tertiary alicyclic amines) is 1. The number of methoxy groups -OCH3 is 1. The van der Waals surface area contributed by atoms with E-state index in [2.05, 4.69) is 17.4 Å². The maximum Gasteiger partial charge on any atom is 0.239 e. The molecule has 0 saturated carbocycles. The predicted octanol–water partition coefficient (Wildman–Crippen LogP) is 1.45. The summed E-state index contributed by atoms with van der Waals surface area (Å²) in [6.07, 6.45) is 2.93. The number of carbonyl (C=O) groups is 1. The third-order valence-corrected chi connectivity index (χ3v) is 3.71. The van der Waals surface area contributed by atoms with Gasteiger partial charge in [-0.3, -0.25) is 4.79 Å². The lowest BCUT2D eigenvalue weighted by Gasteiger charge is -2.32. The van der Waals surface area contributed by atoms with Gasteiger partial charge in [-0.1, -0.05) is 12.1 Å². The highest BCUT2D eigenvalue weighted by molar-refractivity contribution is 5.82. The molecule has 1 saturated heterocycles. The van der Waals surface area contributed by atoms with E-state index in [9.17, 15) is 4.79 Å². The molecule has 4 heteroatoms. The van der Waals surface area contributed by atoms with Crippen molar-refractivity contribution in [2.24, 2.45) is 0 Å². The Hall–Kier alpha value is -1.55. The van der Waals surface area contributed by atoms with Crippen molar-refractivity contribution in [3.63, 3.8) is 0 Å². The van der Waals surface area contributed by atoms with Gasteiger partial charge in [-0.25, -0.2) is 0 Å². The van der Waals surface area contributed by atoms with Crippen molar-refractivity contribution in [3.05, 3.63) is 29.8 Å². The average Bonchev–Trinajstić information content (AvgIpc) is 2.47. The molecule has 1 N–H and O–H groups in total. The van der Waals surface area contributed by atoms with Gasteiger partial charge in [-0.05, 0) is 44.0 Å². The molecule has 0 aliphatic carbocycles. The predicted molar refractivity (Wildman–Crippen MR) is 75.4 cm³/mol. The maximum absolute atomic E-state index is 12.1. The summed E-state index contributed by atoms with van der Waals surface area (Å²) in [5.74, 6) is 1.11. The molecule has 1 aromatic carbocycles. The van der Waals surface area contributed by atoms with Crippen LogP contribution < -0.4 is 10.1 Å². The Bertz CT molecular complexity index is 417. The van der Waals surface area contributed by atoms with Crippen molar-refractivity contribution in [2.75, 3.05) is 27.2 Å². The van der Waals surface area contributed by atoms with E-state index in [4.69, 9.17) is 4.74 Å². The summed E-state index contributed by atoms with van der Waals surface area (Å²) in [5.41, 5.74) is 1.24. The zero-order valence-corrected chi connectivity index (χ0v) is 11.7. The van der Waals surface area contributed by atoms with Gasteiger partial charge in [-0.15, -0.1) is 0 Å². The van der Waals surface area contributed by atoms with E-state index in [1.807, 2.05) is 24.1 Å². The van der Waals surface area contributed by atoms with Gasteiger partial charge in [0.1, 0.15) is 5.75 Å². The molecule has 1 amide bonds. The second kappa shape index (κ2) is 6.57. The van der Waals surface area contributed by atoms with Crippen molar-refractivity contribution in [2.45, 2.75) is 25.3 Å². The van der Waals surface area contributed by atoms with Gasteiger partial charge in [0.05, 0.1) is 13.2 Å². The third kappa shape index (κ3) is 3.47. The summed E-state index contributed by atoms with van der Waals surface area (Å²) in [4.78, 5) is 14.1. The minimum absolute atomic E-state index is 0.00428. The van der Waals surface area contributed by atoms with E-state index in [0.29, 0.717) is 0 Å². The standard InChI is InChI=1S/C15H22N2O2/c1-16-14-4-3-10-17(15(14)18)11-9-12-5-7-13(19-2)8-6-12/h5-8,14,16H,3-4,9-11H2,1-2H3. The molecule has 1 aliphatic rings. The van der Waals surface area contributed by atoms with Gasteiger partial charge >= 0.3 is 0 Å². The highest BCUT2D eigenvalue weighted by atomic mass is 16.5. The quantitative estimate of drug-likeness (QED) is 0.873. The zero-order chi connectivity index (χ0) is 13.7. The number of nitrogens with one attached hydrogen (secondary N) is 1. The van der Waals surface area contributed by atoms with Crippen LogP contribution in [0.3, 0.4) is 0 Å². The summed E-state index contributed by atoms with van der Waals surface area (Å²) < 4.78 is 5.14. The van der Waals surface area contributed by atoms with Gasteiger partial charge in [0.25, 0.3) is 0 Å². The Balaban J connectivity index is 1.88. The van der Waals surface area contributed by atoms with Crippen LogP contribution in [0.1, 0.15) is 18.4 Å². The van der Waals surface area contributed by atoms with Gasteiger partial charge in [0.2, 0.25) is 5.91 Å². The largest absolute Gasteiger partial charge is 0.497 e. The normalized spacial score (nSPS) is 19.6. The van der Waals surface area contributed by atoms with Crippen molar-refractivity contribution < 1.29 is 9.53 Å². The fourth-order valence-electron chi connectivity index (χ4n) is 2.49. The first-order chi connectivity index (χ1) is 9.24. The lowest BCUT2D eigenvalue weighted by atomic mass is 10.0. The first-order valence-electron chi connectivity index (χ1n) is 6.83.